The van der Waals surface area contributed by atoms with Gasteiger partial charge in [0.05, 0.1) is 4.92 Å². The summed E-state index contributed by atoms with van der Waals surface area (Å²) in [5.41, 5.74) is 0.481. The lowest BCUT2D eigenvalue weighted by atomic mass is 10.1. The van der Waals surface area contributed by atoms with E-state index in [0.717, 1.165) is 0 Å². The lowest BCUT2D eigenvalue weighted by Crippen LogP contribution is -1.95. The Bertz CT molecular complexity index is 800. The zero-order chi connectivity index (χ0) is 14.1. The summed E-state index contributed by atoms with van der Waals surface area (Å²) >= 11 is 0. The van der Waals surface area contributed by atoms with Crippen molar-refractivity contribution in [2.75, 3.05) is 0 Å². The summed E-state index contributed by atoms with van der Waals surface area (Å²) in [6.07, 6.45) is 1.76. The molecule has 0 aliphatic rings. The number of rotatable bonds is 3. The molecule has 6 nitrogen and oxygen atoms in total. The molecule has 2 aromatic heterocycles. The second kappa shape index (κ2) is 4.69. The van der Waals surface area contributed by atoms with Crippen molar-refractivity contribution < 1.29 is 9.31 Å². The standard InChI is InChI=1S/C13H9FN4O2/c14-10-5-2-1-4-9(10)8-12-15-13-11(18(19)20)6-3-7-17(13)16-12/h1-7H,8H2. The molecule has 0 spiro atoms. The lowest BCUT2D eigenvalue weighted by molar-refractivity contribution is -0.383. The van der Waals surface area contributed by atoms with E-state index in [1.165, 1.54) is 22.7 Å². The molecule has 20 heavy (non-hydrogen) atoms. The summed E-state index contributed by atoms with van der Waals surface area (Å²) in [6.45, 7) is 0. The molecule has 7 heteroatoms. The van der Waals surface area contributed by atoms with Crippen LogP contribution < -0.4 is 0 Å². The van der Waals surface area contributed by atoms with Crippen molar-refractivity contribution >= 4 is 11.3 Å². The monoisotopic (exact) mass is 272 g/mol. The van der Waals surface area contributed by atoms with E-state index in [1.54, 1.807) is 24.4 Å². The molecule has 100 valence electrons. The molecule has 0 bridgehead atoms. The Kier molecular flexibility index (Phi) is 2.86. The maximum Gasteiger partial charge on any atom is 0.313 e. The van der Waals surface area contributed by atoms with Crippen LogP contribution in [-0.2, 0) is 6.42 Å². The molecule has 0 aliphatic carbocycles. The largest absolute Gasteiger partial charge is 0.313 e. The van der Waals surface area contributed by atoms with Crippen LogP contribution >= 0.6 is 0 Å². The zero-order valence-electron chi connectivity index (χ0n) is 10.2. The van der Waals surface area contributed by atoms with Crippen molar-refractivity contribution in [2.24, 2.45) is 0 Å². The van der Waals surface area contributed by atoms with Crippen molar-refractivity contribution in [1.29, 1.82) is 0 Å². The molecule has 3 rings (SSSR count). The third kappa shape index (κ3) is 2.09. The molecule has 0 radical (unpaired) electrons. The second-order valence-corrected chi connectivity index (χ2v) is 4.21. The molecule has 0 aliphatic heterocycles. The minimum atomic E-state index is -0.517. The van der Waals surface area contributed by atoms with E-state index in [0.29, 0.717) is 11.4 Å². The van der Waals surface area contributed by atoms with Crippen LogP contribution in [0.1, 0.15) is 11.4 Å². The van der Waals surface area contributed by atoms with E-state index in [-0.39, 0.29) is 23.6 Å². The van der Waals surface area contributed by atoms with Gasteiger partial charge in [0.1, 0.15) is 5.82 Å². The fraction of sp³-hybridized carbons (Fsp3) is 0.0769. The highest BCUT2D eigenvalue weighted by molar-refractivity contribution is 5.58. The summed E-state index contributed by atoms with van der Waals surface area (Å²) in [4.78, 5) is 14.5. The Labute approximate surface area is 112 Å². The number of pyridine rings is 1. The molecule has 0 saturated heterocycles. The summed E-state index contributed by atoms with van der Waals surface area (Å²) < 4.78 is 14.9. The smallest absolute Gasteiger partial charge is 0.258 e. The van der Waals surface area contributed by atoms with E-state index < -0.39 is 4.92 Å². The average molecular weight is 272 g/mol. The maximum atomic E-state index is 13.6. The molecule has 1 aromatic carbocycles. The van der Waals surface area contributed by atoms with E-state index in [4.69, 9.17) is 0 Å². The van der Waals surface area contributed by atoms with Crippen molar-refractivity contribution in [3.63, 3.8) is 0 Å². The highest BCUT2D eigenvalue weighted by Gasteiger charge is 2.16. The van der Waals surface area contributed by atoms with Gasteiger partial charge in [-0.2, -0.15) is 5.10 Å². The number of halogens is 1. The number of nitrogens with zero attached hydrogens (tertiary/aromatic N) is 4. The first-order chi connectivity index (χ1) is 9.65. The van der Waals surface area contributed by atoms with Crippen molar-refractivity contribution in [3.8, 4) is 0 Å². The molecule has 0 saturated carbocycles. The van der Waals surface area contributed by atoms with Crippen molar-refractivity contribution in [3.05, 3.63) is 69.9 Å². The van der Waals surface area contributed by atoms with Crippen LogP contribution in [0.4, 0.5) is 10.1 Å². The first-order valence-electron chi connectivity index (χ1n) is 5.87. The van der Waals surface area contributed by atoms with E-state index in [9.17, 15) is 14.5 Å². The number of fused-ring (bicyclic) bond motifs is 1. The van der Waals surface area contributed by atoms with Crippen LogP contribution in [-0.4, -0.2) is 19.5 Å². The number of hydrogen-bond donors (Lipinski definition) is 0. The fourth-order valence-electron chi connectivity index (χ4n) is 1.97. The van der Waals surface area contributed by atoms with Gasteiger partial charge in [-0.25, -0.2) is 13.9 Å². The third-order valence-electron chi connectivity index (χ3n) is 2.89. The number of aromatic nitrogens is 3. The summed E-state index contributed by atoms with van der Waals surface area (Å²) in [5.74, 6) is -0.00902. The summed E-state index contributed by atoms with van der Waals surface area (Å²) in [5, 5.41) is 15.0. The molecule has 2 heterocycles. The number of hydrogen-bond acceptors (Lipinski definition) is 4. The predicted molar refractivity (Wildman–Crippen MR) is 68.8 cm³/mol. The first kappa shape index (κ1) is 12.2. The van der Waals surface area contributed by atoms with Gasteiger partial charge in [0, 0.05) is 18.7 Å². The number of nitro groups is 1. The van der Waals surface area contributed by atoms with Gasteiger partial charge < -0.3 is 0 Å². The van der Waals surface area contributed by atoms with Gasteiger partial charge in [0.15, 0.2) is 5.82 Å². The van der Waals surface area contributed by atoms with Gasteiger partial charge in [0.2, 0.25) is 5.65 Å². The molecule has 3 aromatic rings. The van der Waals surface area contributed by atoms with E-state index >= 15 is 0 Å². The Morgan fingerprint density at radius 3 is 2.80 bits per heavy atom. The molecule has 0 atom stereocenters. The Hall–Kier alpha value is -2.83. The van der Waals surface area contributed by atoms with Gasteiger partial charge in [-0.05, 0) is 17.7 Å². The van der Waals surface area contributed by atoms with Crippen LogP contribution in [0, 0.1) is 15.9 Å². The predicted octanol–water partition coefficient (Wildman–Crippen LogP) is 2.37. The van der Waals surface area contributed by atoms with Gasteiger partial charge in [-0.1, -0.05) is 18.2 Å². The highest BCUT2D eigenvalue weighted by Crippen LogP contribution is 2.18. The van der Waals surface area contributed by atoms with Crippen molar-refractivity contribution in [1.82, 2.24) is 14.6 Å². The highest BCUT2D eigenvalue weighted by atomic mass is 19.1. The van der Waals surface area contributed by atoms with Crippen LogP contribution in [0.3, 0.4) is 0 Å². The molecule has 0 N–H and O–H groups in total. The molecule has 0 unspecified atom stereocenters. The van der Waals surface area contributed by atoms with Gasteiger partial charge >= 0.3 is 5.69 Å². The van der Waals surface area contributed by atoms with E-state index in [2.05, 4.69) is 10.1 Å². The molecule has 0 amide bonds. The normalized spacial score (nSPS) is 10.8. The lowest BCUT2D eigenvalue weighted by Gasteiger charge is -1.97. The minimum absolute atomic E-state index is 0.125. The Balaban J connectivity index is 2.04. The first-order valence-corrected chi connectivity index (χ1v) is 5.87. The SMILES string of the molecule is O=[N+]([O-])c1cccn2nc(Cc3ccccc3F)nc12. The summed E-state index contributed by atoms with van der Waals surface area (Å²) in [6, 6.07) is 9.18. The van der Waals surface area contributed by atoms with Crippen molar-refractivity contribution in [2.45, 2.75) is 6.42 Å². The minimum Gasteiger partial charge on any atom is -0.258 e. The Morgan fingerprint density at radius 2 is 2.05 bits per heavy atom. The third-order valence-corrected chi connectivity index (χ3v) is 2.89. The summed E-state index contributed by atoms with van der Waals surface area (Å²) in [7, 11) is 0. The number of benzene rings is 1. The second-order valence-electron chi connectivity index (χ2n) is 4.21. The average Bonchev–Trinajstić information content (AvgIpc) is 2.83. The van der Waals surface area contributed by atoms with E-state index in [1.807, 2.05) is 0 Å². The van der Waals surface area contributed by atoms with Crippen LogP contribution in [0.5, 0.6) is 0 Å². The fourth-order valence-corrected chi connectivity index (χ4v) is 1.97. The molecular weight excluding hydrogens is 263 g/mol. The zero-order valence-corrected chi connectivity index (χ0v) is 10.2. The molecular formula is C13H9FN4O2. The van der Waals surface area contributed by atoms with Crippen LogP contribution in [0.25, 0.3) is 5.65 Å². The van der Waals surface area contributed by atoms with Gasteiger partial charge in [-0.15, -0.1) is 0 Å². The molecule has 0 fully saturated rings. The van der Waals surface area contributed by atoms with Crippen LogP contribution in [0.2, 0.25) is 0 Å². The van der Waals surface area contributed by atoms with Gasteiger partial charge in [0.25, 0.3) is 0 Å². The quantitative estimate of drug-likeness (QED) is 0.542. The Morgan fingerprint density at radius 1 is 1.25 bits per heavy atom. The van der Waals surface area contributed by atoms with Gasteiger partial charge in [-0.3, -0.25) is 10.1 Å². The van der Waals surface area contributed by atoms with Crippen LogP contribution in [0.15, 0.2) is 42.6 Å². The maximum absolute atomic E-state index is 13.6. The topological polar surface area (TPSA) is 73.3 Å².